The lowest BCUT2D eigenvalue weighted by molar-refractivity contribution is 0.350. The molecule has 1 N–H and O–H groups in total. The van der Waals surface area contributed by atoms with Crippen LogP contribution < -0.4 is 14.8 Å². The standard InChI is InChI=1S/C19H22FN3O2/c1-12(14-9-17(24-3)18(25-4)10-15(14)20)21-11-16-13(2)22-19-7-5-6-8-23(16)19/h5-10,12,21H,11H2,1-4H3. The van der Waals surface area contributed by atoms with Crippen LogP contribution in [0.2, 0.25) is 0 Å². The maximum atomic E-state index is 14.4. The molecule has 1 aromatic carbocycles. The molecule has 132 valence electrons. The first kappa shape index (κ1) is 17.2. The van der Waals surface area contributed by atoms with Crippen molar-refractivity contribution in [2.24, 2.45) is 0 Å². The first-order valence-corrected chi connectivity index (χ1v) is 8.12. The SMILES string of the molecule is COc1cc(F)c(C(C)NCc2c(C)nc3ccccn23)cc1OC. The Kier molecular flexibility index (Phi) is 4.90. The molecule has 0 amide bonds. The van der Waals surface area contributed by atoms with Crippen molar-refractivity contribution in [1.29, 1.82) is 0 Å². The number of hydrogen-bond donors (Lipinski definition) is 1. The number of pyridine rings is 1. The van der Waals surface area contributed by atoms with Crippen LogP contribution in [-0.4, -0.2) is 23.6 Å². The van der Waals surface area contributed by atoms with E-state index in [1.54, 1.807) is 13.2 Å². The van der Waals surface area contributed by atoms with Gasteiger partial charge in [-0.2, -0.15) is 0 Å². The second-order valence-electron chi connectivity index (χ2n) is 5.90. The molecule has 0 saturated carbocycles. The molecule has 0 fully saturated rings. The predicted molar refractivity (Wildman–Crippen MR) is 94.7 cm³/mol. The molecule has 3 rings (SSSR count). The predicted octanol–water partition coefficient (Wildman–Crippen LogP) is 3.65. The van der Waals surface area contributed by atoms with E-state index >= 15 is 0 Å². The van der Waals surface area contributed by atoms with Crippen molar-refractivity contribution in [3.05, 3.63) is 59.3 Å². The fourth-order valence-corrected chi connectivity index (χ4v) is 2.94. The Morgan fingerprint density at radius 1 is 1.20 bits per heavy atom. The minimum Gasteiger partial charge on any atom is -0.493 e. The summed E-state index contributed by atoms with van der Waals surface area (Å²) in [6, 6.07) is 8.72. The van der Waals surface area contributed by atoms with Crippen molar-refractivity contribution in [2.75, 3.05) is 14.2 Å². The number of benzene rings is 1. The Morgan fingerprint density at radius 3 is 2.64 bits per heavy atom. The Labute approximate surface area is 146 Å². The number of hydrogen-bond acceptors (Lipinski definition) is 4. The van der Waals surface area contributed by atoms with E-state index in [1.807, 2.05) is 42.6 Å². The molecule has 1 atom stereocenters. The number of imidazole rings is 1. The largest absolute Gasteiger partial charge is 0.493 e. The molecule has 2 heterocycles. The van der Waals surface area contributed by atoms with Gasteiger partial charge in [0.25, 0.3) is 0 Å². The Hall–Kier alpha value is -2.60. The molecule has 0 aliphatic rings. The maximum Gasteiger partial charge on any atom is 0.163 e. The molecule has 0 aliphatic carbocycles. The van der Waals surface area contributed by atoms with E-state index in [9.17, 15) is 4.39 Å². The third kappa shape index (κ3) is 3.30. The van der Waals surface area contributed by atoms with Gasteiger partial charge in [0.15, 0.2) is 11.5 Å². The van der Waals surface area contributed by atoms with Crippen LogP contribution in [0.5, 0.6) is 11.5 Å². The van der Waals surface area contributed by atoms with Gasteiger partial charge < -0.3 is 19.2 Å². The number of nitrogens with one attached hydrogen (secondary N) is 1. The lowest BCUT2D eigenvalue weighted by Gasteiger charge is -2.17. The molecule has 0 bridgehead atoms. The average Bonchev–Trinajstić information content (AvgIpc) is 2.94. The fraction of sp³-hybridized carbons (Fsp3) is 0.316. The molecular weight excluding hydrogens is 321 g/mol. The van der Waals surface area contributed by atoms with Crippen LogP contribution in [0.4, 0.5) is 4.39 Å². The van der Waals surface area contributed by atoms with Crippen LogP contribution in [0, 0.1) is 12.7 Å². The van der Waals surface area contributed by atoms with Crippen LogP contribution in [-0.2, 0) is 6.54 Å². The Morgan fingerprint density at radius 2 is 1.92 bits per heavy atom. The second-order valence-corrected chi connectivity index (χ2v) is 5.90. The molecule has 0 spiro atoms. The van der Waals surface area contributed by atoms with Crippen LogP contribution in [0.3, 0.4) is 0 Å². The summed E-state index contributed by atoms with van der Waals surface area (Å²) in [6.07, 6.45) is 1.98. The highest BCUT2D eigenvalue weighted by atomic mass is 19.1. The summed E-state index contributed by atoms with van der Waals surface area (Å²) in [5.74, 6) is 0.569. The number of fused-ring (bicyclic) bond motifs is 1. The van der Waals surface area contributed by atoms with Gasteiger partial charge in [-0.25, -0.2) is 9.37 Å². The van der Waals surface area contributed by atoms with Gasteiger partial charge in [0.1, 0.15) is 11.5 Å². The number of halogens is 1. The van der Waals surface area contributed by atoms with Crippen LogP contribution in [0.15, 0.2) is 36.5 Å². The number of methoxy groups -OCH3 is 2. The molecule has 1 unspecified atom stereocenters. The van der Waals surface area contributed by atoms with E-state index in [0.29, 0.717) is 23.6 Å². The number of ether oxygens (including phenoxy) is 2. The van der Waals surface area contributed by atoms with Crippen molar-refractivity contribution in [3.63, 3.8) is 0 Å². The van der Waals surface area contributed by atoms with E-state index in [2.05, 4.69) is 10.3 Å². The molecule has 2 aromatic heterocycles. The average molecular weight is 343 g/mol. The van der Waals surface area contributed by atoms with Gasteiger partial charge in [-0.15, -0.1) is 0 Å². The van der Waals surface area contributed by atoms with Crippen LogP contribution in [0.25, 0.3) is 5.65 Å². The highest BCUT2D eigenvalue weighted by Gasteiger charge is 2.17. The summed E-state index contributed by atoms with van der Waals surface area (Å²) < 4.78 is 26.9. The second kappa shape index (κ2) is 7.11. The van der Waals surface area contributed by atoms with Crippen molar-refractivity contribution < 1.29 is 13.9 Å². The monoisotopic (exact) mass is 343 g/mol. The molecule has 6 heteroatoms. The molecule has 0 aliphatic heterocycles. The van der Waals surface area contributed by atoms with Crippen LogP contribution >= 0.6 is 0 Å². The molecule has 0 saturated heterocycles. The molecule has 0 radical (unpaired) electrons. The highest BCUT2D eigenvalue weighted by molar-refractivity contribution is 5.45. The normalized spacial score (nSPS) is 12.4. The summed E-state index contributed by atoms with van der Waals surface area (Å²) in [5.41, 5.74) is 3.45. The molecule has 3 aromatic rings. The zero-order valence-corrected chi connectivity index (χ0v) is 14.8. The number of aryl methyl sites for hydroxylation is 1. The first-order valence-electron chi connectivity index (χ1n) is 8.12. The van der Waals surface area contributed by atoms with Crippen molar-refractivity contribution in [1.82, 2.24) is 14.7 Å². The van der Waals surface area contributed by atoms with Gasteiger partial charge in [-0.05, 0) is 32.0 Å². The summed E-state index contributed by atoms with van der Waals surface area (Å²) in [7, 11) is 3.03. The van der Waals surface area contributed by atoms with E-state index in [1.165, 1.54) is 13.2 Å². The minimum absolute atomic E-state index is 0.200. The zero-order valence-electron chi connectivity index (χ0n) is 14.8. The highest BCUT2D eigenvalue weighted by Crippen LogP contribution is 2.32. The third-order valence-electron chi connectivity index (χ3n) is 4.37. The van der Waals surface area contributed by atoms with Crippen molar-refractivity contribution >= 4 is 5.65 Å². The summed E-state index contributed by atoms with van der Waals surface area (Å²) in [5, 5.41) is 3.37. The Bertz CT molecular complexity index is 892. The van der Waals surface area contributed by atoms with E-state index in [-0.39, 0.29) is 11.9 Å². The molecule has 25 heavy (non-hydrogen) atoms. The quantitative estimate of drug-likeness (QED) is 0.742. The summed E-state index contributed by atoms with van der Waals surface area (Å²) >= 11 is 0. The first-order chi connectivity index (χ1) is 12.0. The van der Waals surface area contributed by atoms with E-state index in [0.717, 1.165) is 17.0 Å². The van der Waals surface area contributed by atoms with Gasteiger partial charge >= 0.3 is 0 Å². The summed E-state index contributed by atoms with van der Waals surface area (Å²) in [6.45, 7) is 4.47. The zero-order chi connectivity index (χ0) is 18.0. The Balaban J connectivity index is 1.83. The maximum absolute atomic E-state index is 14.4. The topological polar surface area (TPSA) is 47.8 Å². The van der Waals surface area contributed by atoms with Crippen LogP contribution in [0.1, 0.15) is 29.9 Å². The fourth-order valence-electron chi connectivity index (χ4n) is 2.94. The van der Waals surface area contributed by atoms with Gasteiger partial charge in [-0.1, -0.05) is 6.07 Å². The minimum atomic E-state index is -0.326. The number of rotatable bonds is 6. The van der Waals surface area contributed by atoms with E-state index in [4.69, 9.17) is 9.47 Å². The van der Waals surface area contributed by atoms with Crippen molar-refractivity contribution in [3.8, 4) is 11.5 Å². The molecular formula is C19H22FN3O2. The molecule has 5 nitrogen and oxygen atoms in total. The lowest BCUT2D eigenvalue weighted by Crippen LogP contribution is -2.20. The third-order valence-corrected chi connectivity index (χ3v) is 4.37. The number of nitrogens with zero attached hydrogens (tertiary/aromatic N) is 2. The lowest BCUT2D eigenvalue weighted by atomic mass is 10.1. The van der Waals surface area contributed by atoms with Gasteiger partial charge in [0.05, 0.1) is 25.6 Å². The van der Waals surface area contributed by atoms with Gasteiger partial charge in [-0.3, -0.25) is 0 Å². The summed E-state index contributed by atoms with van der Waals surface area (Å²) in [4.78, 5) is 4.54. The van der Waals surface area contributed by atoms with Crippen molar-refractivity contribution in [2.45, 2.75) is 26.4 Å². The van der Waals surface area contributed by atoms with Gasteiger partial charge in [0.2, 0.25) is 0 Å². The number of aromatic nitrogens is 2. The smallest absolute Gasteiger partial charge is 0.163 e. The van der Waals surface area contributed by atoms with Gasteiger partial charge in [0, 0.05) is 30.4 Å². The van der Waals surface area contributed by atoms with E-state index < -0.39 is 0 Å².